The topological polar surface area (TPSA) is 62.3 Å². The lowest BCUT2D eigenvalue weighted by Crippen LogP contribution is -2.37. The average Bonchev–Trinajstić information content (AvgIpc) is 2.80. The molecule has 2 heterocycles. The Labute approximate surface area is 131 Å². The van der Waals surface area contributed by atoms with Crippen molar-refractivity contribution < 1.29 is 14.6 Å². The molecule has 2 aromatic rings. The first-order valence-electron chi connectivity index (χ1n) is 7.22. The Bertz CT molecular complexity index is 694. The molecule has 0 bridgehead atoms. The number of hydrogen-bond acceptors (Lipinski definition) is 2. The summed E-state index contributed by atoms with van der Waals surface area (Å²) in [5.41, 5.74) is 2.44. The molecule has 21 heavy (non-hydrogen) atoms. The van der Waals surface area contributed by atoms with Gasteiger partial charge in [-0.15, -0.1) is 0 Å². The number of benzene rings is 1. The van der Waals surface area contributed by atoms with Gasteiger partial charge in [0.15, 0.2) is 0 Å². The summed E-state index contributed by atoms with van der Waals surface area (Å²) in [6.07, 6.45) is 2.39. The third-order valence-electron chi connectivity index (χ3n) is 4.15. The molecule has 1 aliphatic rings. The van der Waals surface area contributed by atoms with E-state index in [-0.39, 0.29) is 6.42 Å². The number of nitrogens with one attached hydrogen (secondary N) is 1. The van der Waals surface area contributed by atoms with E-state index in [2.05, 4.69) is 27.8 Å². The summed E-state index contributed by atoms with van der Waals surface area (Å²) in [5.74, 6) is -0.825. The number of aliphatic carboxylic acids is 1. The molecule has 1 atom stereocenters. The van der Waals surface area contributed by atoms with Crippen molar-refractivity contribution in [2.24, 2.45) is 0 Å². The highest BCUT2D eigenvalue weighted by Gasteiger charge is 2.41. The smallest absolute Gasteiger partial charge is 0.306 e. The van der Waals surface area contributed by atoms with Crippen molar-refractivity contribution in [3.05, 3.63) is 33.9 Å². The van der Waals surface area contributed by atoms with E-state index in [1.165, 1.54) is 5.56 Å². The minimum Gasteiger partial charge on any atom is -0.481 e. The van der Waals surface area contributed by atoms with Crippen LogP contribution in [0.2, 0.25) is 0 Å². The second-order valence-electron chi connectivity index (χ2n) is 5.55. The van der Waals surface area contributed by atoms with Crippen LogP contribution in [0.3, 0.4) is 0 Å². The number of fused-ring (bicyclic) bond motifs is 3. The van der Waals surface area contributed by atoms with E-state index >= 15 is 0 Å². The van der Waals surface area contributed by atoms with Gasteiger partial charge in [0, 0.05) is 15.4 Å². The Morgan fingerprint density at radius 3 is 3.05 bits per heavy atom. The molecule has 2 N–H and O–H groups in total. The highest BCUT2D eigenvalue weighted by molar-refractivity contribution is 9.10. The first-order valence-corrected chi connectivity index (χ1v) is 8.02. The van der Waals surface area contributed by atoms with E-state index in [1.807, 2.05) is 18.2 Å². The van der Waals surface area contributed by atoms with Gasteiger partial charge < -0.3 is 14.8 Å². The number of carboxylic acids is 1. The Morgan fingerprint density at radius 1 is 1.52 bits per heavy atom. The minimum atomic E-state index is -0.825. The molecule has 0 fully saturated rings. The number of H-pyrrole nitrogens is 1. The van der Waals surface area contributed by atoms with Gasteiger partial charge in [0.05, 0.1) is 18.7 Å². The van der Waals surface area contributed by atoms with Gasteiger partial charge in [-0.3, -0.25) is 4.79 Å². The molecular formula is C16H18BrNO3. The normalized spacial score (nSPS) is 21.4. The molecule has 0 radical (unpaired) electrons. The average molecular weight is 352 g/mol. The van der Waals surface area contributed by atoms with Crippen LogP contribution < -0.4 is 0 Å². The lowest BCUT2D eigenvalue weighted by atomic mass is 9.85. The number of aromatic amines is 1. The van der Waals surface area contributed by atoms with Crippen molar-refractivity contribution in [1.82, 2.24) is 4.98 Å². The van der Waals surface area contributed by atoms with Crippen LogP contribution in [0.5, 0.6) is 0 Å². The number of hydrogen-bond donors (Lipinski definition) is 2. The number of carboxylic acid groups (broad SMARTS) is 1. The summed E-state index contributed by atoms with van der Waals surface area (Å²) in [6, 6.07) is 6.02. The second-order valence-corrected chi connectivity index (χ2v) is 6.41. The summed E-state index contributed by atoms with van der Waals surface area (Å²) in [4.78, 5) is 14.8. The zero-order chi connectivity index (χ0) is 15.0. The number of carbonyl (C=O) groups is 1. The fourth-order valence-electron chi connectivity index (χ4n) is 3.40. The van der Waals surface area contributed by atoms with Gasteiger partial charge in [-0.05, 0) is 30.5 Å². The highest BCUT2D eigenvalue weighted by Crippen LogP contribution is 2.43. The van der Waals surface area contributed by atoms with E-state index in [9.17, 15) is 9.90 Å². The molecule has 1 aromatic heterocycles. The van der Waals surface area contributed by atoms with Crippen molar-refractivity contribution in [2.75, 3.05) is 6.61 Å². The molecule has 0 amide bonds. The Morgan fingerprint density at radius 2 is 2.33 bits per heavy atom. The molecular weight excluding hydrogens is 334 g/mol. The van der Waals surface area contributed by atoms with Crippen LogP contribution in [-0.4, -0.2) is 22.7 Å². The summed E-state index contributed by atoms with van der Waals surface area (Å²) >= 11 is 3.61. The molecule has 112 valence electrons. The van der Waals surface area contributed by atoms with Crippen molar-refractivity contribution in [3.8, 4) is 0 Å². The molecule has 1 aromatic carbocycles. The summed E-state index contributed by atoms with van der Waals surface area (Å²) < 4.78 is 7.03. The summed E-state index contributed by atoms with van der Waals surface area (Å²) in [5, 5.41) is 10.5. The Balaban J connectivity index is 2.22. The third kappa shape index (κ3) is 2.38. The van der Waals surface area contributed by atoms with Gasteiger partial charge in [0.25, 0.3) is 0 Å². The van der Waals surface area contributed by atoms with Crippen LogP contribution in [0.25, 0.3) is 10.9 Å². The standard InChI is InChI=1S/C16H18BrNO3/c1-2-7-16(9-13(19)20)15-10(6-8-21-16)14-11(17)4-3-5-12(14)18-15/h3-5,18H,2,6-9H2,1H3,(H,19,20). The second kappa shape index (κ2) is 5.46. The van der Waals surface area contributed by atoms with Crippen LogP contribution in [0.1, 0.15) is 37.4 Å². The van der Waals surface area contributed by atoms with E-state index < -0.39 is 11.6 Å². The highest BCUT2D eigenvalue weighted by atomic mass is 79.9. The zero-order valence-electron chi connectivity index (χ0n) is 11.9. The van der Waals surface area contributed by atoms with E-state index in [1.54, 1.807) is 0 Å². The molecule has 0 aliphatic carbocycles. The lowest BCUT2D eigenvalue weighted by molar-refractivity contribution is -0.149. The van der Waals surface area contributed by atoms with Gasteiger partial charge >= 0.3 is 5.97 Å². The van der Waals surface area contributed by atoms with Crippen molar-refractivity contribution in [3.63, 3.8) is 0 Å². The number of aromatic nitrogens is 1. The van der Waals surface area contributed by atoms with Gasteiger partial charge in [0.1, 0.15) is 5.60 Å². The van der Waals surface area contributed by atoms with Gasteiger partial charge in [-0.2, -0.15) is 0 Å². The minimum absolute atomic E-state index is 0.00171. The Kier molecular flexibility index (Phi) is 3.80. The van der Waals surface area contributed by atoms with Crippen molar-refractivity contribution in [2.45, 2.75) is 38.2 Å². The SMILES string of the molecule is CCCC1(CC(=O)O)OCCc2c1[nH]c1cccc(Br)c21. The lowest BCUT2D eigenvalue weighted by Gasteiger charge is -2.36. The van der Waals surface area contributed by atoms with Crippen LogP contribution >= 0.6 is 15.9 Å². The van der Waals surface area contributed by atoms with Gasteiger partial charge in [-0.25, -0.2) is 0 Å². The van der Waals surface area contributed by atoms with Crippen LogP contribution in [0.4, 0.5) is 0 Å². The van der Waals surface area contributed by atoms with E-state index in [0.29, 0.717) is 13.0 Å². The summed E-state index contributed by atoms with van der Waals surface area (Å²) in [7, 11) is 0. The largest absolute Gasteiger partial charge is 0.481 e. The maximum Gasteiger partial charge on any atom is 0.306 e. The van der Waals surface area contributed by atoms with Crippen LogP contribution in [-0.2, 0) is 21.6 Å². The van der Waals surface area contributed by atoms with Gasteiger partial charge in [-0.1, -0.05) is 35.3 Å². The number of halogens is 1. The Hall–Kier alpha value is -1.33. The van der Waals surface area contributed by atoms with Crippen LogP contribution in [0.15, 0.2) is 22.7 Å². The van der Waals surface area contributed by atoms with Crippen molar-refractivity contribution >= 4 is 32.8 Å². The summed E-state index contributed by atoms with van der Waals surface area (Å²) in [6.45, 7) is 2.62. The maximum absolute atomic E-state index is 11.3. The molecule has 0 saturated heterocycles. The quantitative estimate of drug-likeness (QED) is 0.875. The molecule has 0 spiro atoms. The van der Waals surface area contributed by atoms with Gasteiger partial charge in [0.2, 0.25) is 0 Å². The predicted octanol–water partition coefficient (Wildman–Crippen LogP) is 3.97. The molecule has 1 unspecified atom stereocenters. The zero-order valence-corrected chi connectivity index (χ0v) is 13.5. The first kappa shape index (κ1) is 14.6. The third-order valence-corrected chi connectivity index (χ3v) is 4.81. The molecule has 0 saturated carbocycles. The maximum atomic E-state index is 11.3. The van der Waals surface area contributed by atoms with E-state index in [4.69, 9.17) is 4.74 Å². The van der Waals surface area contributed by atoms with Crippen molar-refractivity contribution in [1.29, 1.82) is 0 Å². The van der Waals surface area contributed by atoms with Crippen LogP contribution in [0, 0.1) is 0 Å². The molecule has 4 nitrogen and oxygen atoms in total. The number of ether oxygens (including phenoxy) is 1. The first-order chi connectivity index (χ1) is 10.1. The molecule has 5 heteroatoms. The molecule has 1 aliphatic heterocycles. The fourth-order valence-corrected chi connectivity index (χ4v) is 4.01. The fraction of sp³-hybridized carbons (Fsp3) is 0.438. The number of rotatable bonds is 4. The monoisotopic (exact) mass is 351 g/mol. The molecule has 3 rings (SSSR count). The predicted molar refractivity (Wildman–Crippen MR) is 84.5 cm³/mol. The van der Waals surface area contributed by atoms with E-state index in [0.717, 1.165) is 33.9 Å².